The summed E-state index contributed by atoms with van der Waals surface area (Å²) in [6, 6.07) is 9.96. The number of nitrogens with one attached hydrogen (secondary N) is 1. The third-order valence-electron chi connectivity index (χ3n) is 4.21. The molecule has 0 aliphatic heterocycles. The van der Waals surface area contributed by atoms with Gasteiger partial charge in [0, 0.05) is 11.6 Å². The zero-order valence-corrected chi connectivity index (χ0v) is 15.8. The predicted octanol–water partition coefficient (Wildman–Crippen LogP) is 6.37. The lowest BCUT2D eigenvalue weighted by Crippen LogP contribution is -2.14. The minimum Gasteiger partial charge on any atom is -0.332 e. The van der Waals surface area contributed by atoms with Crippen LogP contribution in [0, 0.1) is 12.8 Å². The lowest BCUT2D eigenvalue weighted by Gasteiger charge is -2.14. The number of nitrogens with zero attached hydrogens (tertiary/aromatic N) is 1. The summed E-state index contributed by atoms with van der Waals surface area (Å²) in [5, 5.41) is 4.10. The molecule has 130 valence electrons. The van der Waals surface area contributed by atoms with Crippen LogP contribution in [0.25, 0.3) is 0 Å². The van der Waals surface area contributed by atoms with Gasteiger partial charge in [0.25, 0.3) is 0 Å². The van der Waals surface area contributed by atoms with Gasteiger partial charge in [0.2, 0.25) is 0 Å². The number of anilines is 2. The molecule has 0 radical (unpaired) electrons. The van der Waals surface area contributed by atoms with Crippen LogP contribution in [0.5, 0.6) is 0 Å². The van der Waals surface area contributed by atoms with E-state index in [1.54, 1.807) is 0 Å². The molecular formula is C20H28N2OS. The standard InChI is InChI=1S/C20H28N2OS/c1-4-6-8-12-16(11-5-2)18(23)19-15(3)21-20(24-19)22-17-13-9-7-10-14-17/h7,9-10,13-14,16H,4-6,8,11-12H2,1-3H3,(H,21,22). The van der Waals surface area contributed by atoms with E-state index in [0.717, 1.165) is 47.1 Å². The molecule has 1 aromatic carbocycles. The molecule has 0 bridgehead atoms. The lowest BCUT2D eigenvalue weighted by atomic mass is 9.91. The summed E-state index contributed by atoms with van der Waals surface area (Å²) in [7, 11) is 0. The Morgan fingerprint density at radius 1 is 1.12 bits per heavy atom. The van der Waals surface area contributed by atoms with E-state index in [9.17, 15) is 4.79 Å². The van der Waals surface area contributed by atoms with Crippen molar-refractivity contribution in [3.8, 4) is 0 Å². The van der Waals surface area contributed by atoms with Crippen molar-refractivity contribution < 1.29 is 4.79 Å². The summed E-state index contributed by atoms with van der Waals surface area (Å²) in [5.41, 5.74) is 1.85. The number of benzene rings is 1. The molecular weight excluding hydrogens is 316 g/mol. The maximum Gasteiger partial charge on any atom is 0.188 e. The lowest BCUT2D eigenvalue weighted by molar-refractivity contribution is 0.0907. The summed E-state index contributed by atoms with van der Waals surface area (Å²) >= 11 is 1.48. The molecule has 0 saturated heterocycles. The van der Waals surface area contributed by atoms with Gasteiger partial charge in [-0.25, -0.2) is 4.98 Å². The van der Waals surface area contributed by atoms with E-state index in [1.165, 1.54) is 24.2 Å². The SMILES string of the molecule is CCCCCC(CCC)C(=O)c1sc(Nc2ccccc2)nc1C. The minimum absolute atomic E-state index is 0.144. The topological polar surface area (TPSA) is 42.0 Å². The normalized spacial score (nSPS) is 12.1. The van der Waals surface area contributed by atoms with Crippen molar-refractivity contribution in [1.29, 1.82) is 0 Å². The number of rotatable bonds is 10. The molecule has 0 saturated carbocycles. The first-order chi connectivity index (χ1) is 11.7. The zero-order valence-electron chi connectivity index (χ0n) is 15.0. The van der Waals surface area contributed by atoms with Crippen LogP contribution < -0.4 is 5.32 Å². The summed E-state index contributed by atoms with van der Waals surface area (Å²) in [6.07, 6.45) is 6.56. The number of carbonyl (C=O) groups excluding carboxylic acids is 1. The van der Waals surface area contributed by atoms with E-state index in [-0.39, 0.29) is 11.7 Å². The number of carbonyl (C=O) groups is 1. The summed E-state index contributed by atoms with van der Waals surface area (Å²) in [5.74, 6) is 0.425. The number of hydrogen-bond donors (Lipinski definition) is 1. The molecule has 1 aromatic heterocycles. The molecule has 0 fully saturated rings. The predicted molar refractivity (Wildman–Crippen MR) is 103 cm³/mol. The number of ketones is 1. The van der Waals surface area contributed by atoms with E-state index < -0.39 is 0 Å². The van der Waals surface area contributed by atoms with Gasteiger partial charge in [0.1, 0.15) is 0 Å². The monoisotopic (exact) mass is 344 g/mol. The van der Waals surface area contributed by atoms with E-state index in [1.807, 2.05) is 37.3 Å². The third kappa shape index (κ3) is 5.17. The van der Waals surface area contributed by atoms with Crippen molar-refractivity contribution in [2.45, 2.75) is 59.3 Å². The zero-order chi connectivity index (χ0) is 17.4. The molecule has 1 atom stereocenters. The fourth-order valence-corrected chi connectivity index (χ4v) is 3.91. The second kappa shape index (κ2) is 9.58. The fourth-order valence-electron chi connectivity index (χ4n) is 2.90. The van der Waals surface area contributed by atoms with Gasteiger partial charge in [-0.1, -0.05) is 69.1 Å². The average Bonchev–Trinajstić information content (AvgIpc) is 2.95. The van der Waals surface area contributed by atoms with Gasteiger partial charge in [-0.05, 0) is 31.9 Å². The second-order valence-electron chi connectivity index (χ2n) is 6.27. The largest absolute Gasteiger partial charge is 0.332 e. The number of para-hydroxylation sites is 1. The van der Waals surface area contributed by atoms with Crippen molar-refractivity contribution in [3.05, 3.63) is 40.9 Å². The van der Waals surface area contributed by atoms with Gasteiger partial charge in [0.05, 0.1) is 10.6 Å². The molecule has 0 amide bonds. The Labute approximate surface area is 149 Å². The van der Waals surface area contributed by atoms with E-state index in [4.69, 9.17) is 0 Å². The second-order valence-corrected chi connectivity index (χ2v) is 7.27. The van der Waals surface area contributed by atoms with Crippen LogP contribution in [0.15, 0.2) is 30.3 Å². The van der Waals surface area contributed by atoms with Crippen molar-refractivity contribution in [2.24, 2.45) is 5.92 Å². The highest BCUT2D eigenvalue weighted by Gasteiger charge is 2.23. The third-order valence-corrected chi connectivity index (χ3v) is 5.30. The summed E-state index contributed by atoms with van der Waals surface area (Å²) in [6.45, 7) is 6.29. The smallest absolute Gasteiger partial charge is 0.188 e. The van der Waals surface area contributed by atoms with Crippen LogP contribution in [0.4, 0.5) is 10.8 Å². The van der Waals surface area contributed by atoms with E-state index in [2.05, 4.69) is 24.1 Å². The highest BCUT2D eigenvalue weighted by atomic mass is 32.1. The van der Waals surface area contributed by atoms with Crippen LogP contribution in [0.2, 0.25) is 0 Å². The van der Waals surface area contributed by atoms with Crippen LogP contribution in [0.1, 0.15) is 67.7 Å². The van der Waals surface area contributed by atoms with Crippen molar-refractivity contribution in [3.63, 3.8) is 0 Å². The summed E-state index contributed by atoms with van der Waals surface area (Å²) in [4.78, 5) is 18.3. The number of thiazole rings is 1. The van der Waals surface area contributed by atoms with Gasteiger partial charge in [-0.15, -0.1) is 0 Å². The molecule has 0 aliphatic rings. The first kappa shape index (κ1) is 18.7. The average molecular weight is 345 g/mol. The van der Waals surface area contributed by atoms with Crippen LogP contribution in [0.3, 0.4) is 0 Å². The van der Waals surface area contributed by atoms with Gasteiger partial charge in [0.15, 0.2) is 10.9 Å². The van der Waals surface area contributed by atoms with Crippen molar-refractivity contribution in [2.75, 3.05) is 5.32 Å². The Morgan fingerprint density at radius 2 is 1.88 bits per heavy atom. The number of aromatic nitrogens is 1. The summed E-state index contributed by atoms with van der Waals surface area (Å²) < 4.78 is 0. The molecule has 1 N–H and O–H groups in total. The number of Topliss-reactive ketones (excluding diaryl/α,β-unsaturated/α-hetero) is 1. The van der Waals surface area contributed by atoms with Gasteiger partial charge in [-0.2, -0.15) is 0 Å². The Morgan fingerprint density at radius 3 is 2.54 bits per heavy atom. The molecule has 0 aliphatic carbocycles. The highest BCUT2D eigenvalue weighted by molar-refractivity contribution is 7.17. The van der Waals surface area contributed by atoms with Gasteiger partial charge < -0.3 is 5.32 Å². The molecule has 2 aromatic rings. The molecule has 1 unspecified atom stereocenters. The maximum absolute atomic E-state index is 13.0. The number of unbranched alkanes of at least 4 members (excludes halogenated alkanes) is 2. The van der Waals surface area contributed by atoms with Crippen molar-refractivity contribution in [1.82, 2.24) is 4.98 Å². The molecule has 4 heteroatoms. The van der Waals surface area contributed by atoms with Gasteiger partial charge >= 0.3 is 0 Å². The van der Waals surface area contributed by atoms with E-state index >= 15 is 0 Å². The maximum atomic E-state index is 13.0. The fraction of sp³-hybridized carbons (Fsp3) is 0.500. The molecule has 24 heavy (non-hydrogen) atoms. The molecule has 3 nitrogen and oxygen atoms in total. The Balaban J connectivity index is 2.10. The van der Waals surface area contributed by atoms with Crippen LogP contribution in [-0.2, 0) is 0 Å². The first-order valence-corrected chi connectivity index (χ1v) is 9.81. The first-order valence-electron chi connectivity index (χ1n) is 8.99. The highest BCUT2D eigenvalue weighted by Crippen LogP contribution is 2.30. The number of aryl methyl sites for hydroxylation is 1. The van der Waals surface area contributed by atoms with Crippen molar-refractivity contribution >= 4 is 27.9 Å². The molecule has 1 heterocycles. The Bertz CT molecular complexity index is 636. The Kier molecular flexibility index (Phi) is 7.44. The quantitative estimate of drug-likeness (QED) is 0.402. The molecule has 2 rings (SSSR count). The van der Waals surface area contributed by atoms with E-state index in [0.29, 0.717) is 0 Å². The minimum atomic E-state index is 0.144. The van der Waals surface area contributed by atoms with Crippen LogP contribution in [-0.4, -0.2) is 10.8 Å². The number of hydrogen-bond acceptors (Lipinski definition) is 4. The molecule has 0 spiro atoms. The van der Waals surface area contributed by atoms with Gasteiger partial charge in [-0.3, -0.25) is 4.79 Å². The van der Waals surface area contributed by atoms with Crippen LogP contribution >= 0.6 is 11.3 Å². The Hall–Kier alpha value is -1.68.